The average molecular weight is 342 g/mol. The van der Waals surface area contributed by atoms with Gasteiger partial charge in [0.1, 0.15) is 0 Å². The zero-order chi connectivity index (χ0) is 17.2. The predicted octanol–water partition coefficient (Wildman–Crippen LogP) is 5.81. The fourth-order valence-electron chi connectivity index (χ4n) is 3.41. The molecule has 0 heterocycles. The summed E-state index contributed by atoms with van der Waals surface area (Å²) in [7, 11) is 0. The third kappa shape index (κ3) is 4.37. The van der Waals surface area contributed by atoms with Gasteiger partial charge in [-0.15, -0.1) is 13.2 Å². The molecule has 2 aliphatic carbocycles. The topological polar surface area (TPSA) is 18.5 Å². The van der Waals surface area contributed by atoms with E-state index < -0.39 is 6.36 Å². The van der Waals surface area contributed by atoms with Crippen LogP contribution in [0.2, 0.25) is 0 Å². The molecular formula is C19H25F3O2. The molecule has 0 spiro atoms. The van der Waals surface area contributed by atoms with Gasteiger partial charge >= 0.3 is 6.36 Å². The largest absolute Gasteiger partial charge is 0.573 e. The number of hydrogen-bond acceptors (Lipinski definition) is 2. The van der Waals surface area contributed by atoms with Gasteiger partial charge in [-0.3, -0.25) is 0 Å². The normalized spacial score (nSPS) is 18.8. The van der Waals surface area contributed by atoms with Crippen LogP contribution in [0.5, 0.6) is 11.5 Å². The molecule has 0 N–H and O–H groups in total. The third-order valence-corrected chi connectivity index (χ3v) is 5.44. The third-order valence-electron chi connectivity index (χ3n) is 5.44. The van der Waals surface area contributed by atoms with Gasteiger partial charge in [-0.25, -0.2) is 0 Å². The number of benzene rings is 1. The molecule has 5 heteroatoms. The van der Waals surface area contributed by atoms with E-state index in [9.17, 15) is 13.2 Å². The number of halogens is 3. The Bertz CT molecular complexity index is 560. The van der Waals surface area contributed by atoms with Gasteiger partial charge in [-0.2, -0.15) is 0 Å². The molecule has 134 valence electrons. The van der Waals surface area contributed by atoms with Crippen LogP contribution < -0.4 is 9.47 Å². The average Bonchev–Trinajstić information content (AvgIpc) is 2.40. The zero-order valence-corrected chi connectivity index (χ0v) is 14.1. The van der Waals surface area contributed by atoms with E-state index >= 15 is 0 Å². The quantitative estimate of drug-likeness (QED) is 0.623. The van der Waals surface area contributed by atoms with Gasteiger partial charge in [-0.1, -0.05) is 44.6 Å². The van der Waals surface area contributed by atoms with Crippen LogP contribution in [0.1, 0.15) is 56.1 Å². The van der Waals surface area contributed by atoms with Gasteiger partial charge in [0.05, 0.1) is 6.61 Å². The minimum absolute atomic E-state index is 0.159. The number of rotatable bonds is 7. The Balaban J connectivity index is 1.72. The predicted molar refractivity (Wildman–Crippen MR) is 86.4 cm³/mol. The van der Waals surface area contributed by atoms with Crippen molar-refractivity contribution in [2.24, 2.45) is 11.8 Å². The fraction of sp³-hybridized carbons (Fsp3) is 0.684. The van der Waals surface area contributed by atoms with Gasteiger partial charge in [0, 0.05) is 0 Å². The van der Waals surface area contributed by atoms with E-state index in [0.717, 1.165) is 31.2 Å². The Labute approximate surface area is 141 Å². The Morgan fingerprint density at radius 3 is 2.25 bits per heavy atom. The first-order valence-corrected chi connectivity index (χ1v) is 8.93. The second kappa shape index (κ2) is 7.24. The van der Waals surface area contributed by atoms with Gasteiger partial charge < -0.3 is 9.47 Å². The molecule has 0 atom stereocenters. The molecule has 0 aliphatic heterocycles. The number of hydrogen-bond donors (Lipinski definition) is 0. The molecule has 1 aromatic rings. The van der Waals surface area contributed by atoms with E-state index in [1.54, 1.807) is 13.0 Å². The van der Waals surface area contributed by atoms with Crippen LogP contribution in [0.4, 0.5) is 13.2 Å². The molecule has 1 aromatic carbocycles. The van der Waals surface area contributed by atoms with E-state index in [2.05, 4.69) is 4.74 Å². The molecule has 0 bridgehead atoms. The lowest BCUT2D eigenvalue weighted by Gasteiger charge is -2.27. The lowest BCUT2D eigenvalue weighted by molar-refractivity contribution is -0.275. The number of alkyl halides is 3. The minimum Gasteiger partial charge on any atom is -0.490 e. The second-order valence-electron chi connectivity index (χ2n) is 7.16. The summed E-state index contributed by atoms with van der Waals surface area (Å²) in [4.78, 5) is 0. The lowest BCUT2D eigenvalue weighted by Crippen LogP contribution is -2.20. The van der Waals surface area contributed by atoms with Crippen LogP contribution in [0.15, 0.2) is 12.1 Å². The second-order valence-corrected chi connectivity index (χ2v) is 7.16. The van der Waals surface area contributed by atoms with E-state index in [4.69, 9.17) is 4.74 Å². The van der Waals surface area contributed by atoms with E-state index in [1.165, 1.54) is 25.7 Å². The molecule has 3 rings (SSSR count). The first kappa shape index (κ1) is 17.4. The molecule has 24 heavy (non-hydrogen) atoms. The highest BCUT2D eigenvalue weighted by Gasteiger charge is 2.34. The van der Waals surface area contributed by atoms with E-state index in [-0.39, 0.29) is 11.5 Å². The summed E-state index contributed by atoms with van der Waals surface area (Å²) in [5.41, 5.74) is 1.49. The van der Waals surface area contributed by atoms with Crippen LogP contribution in [-0.2, 0) is 6.42 Å². The van der Waals surface area contributed by atoms with Gasteiger partial charge in [0.25, 0.3) is 0 Å². The molecule has 0 amide bonds. The summed E-state index contributed by atoms with van der Waals surface area (Å²) >= 11 is 0. The summed E-state index contributed by atoms with van der Waals surface area (Å²) in [5, 5.41) is 0. The standard InChI is InChI=1S/C19H25F3O2/c1-13-16(12-15-6-3-7-15)8-9-17(18(13)24-19(20,21)22)23-11-10-14-4-2-5-14/h8-9,14-15H,2-7,10-12H2,1H3. The molecule has 0 saturated heterocycles. The summed E-state index contributed by atoms with van der Waals surface area (Å²) in [6.07, 6.45) is 4.22. The monoisotopic (exact) mass is 342 g/mol. The van der Waals surface area contributed by atoms with Crippen LogP contribution in [0, 0.1) is 18.8 Å². The van der Waals surface area contributed by atoms with Crippen molar-refractivity contribution in [2.75, 3.05) is 6.61 Å². The summed E-state index contributed by atoms with van der Waals surface area (Å²) in [5.74, 6) is 1.30. The van der Waals surface area contributed by atoms with Crippen molar-refractivity contribution in [1.29, 1.82) is 0 Å². The maximum absolute atomic E-state index is 12.8. The molecule has 0 aromatic heterocycles. The molecule has 2 nitrogen and oxygen atoms in total. The molecule has 2 saturated carbocycles. The van der Waals surface area contributed by atoms with Crippen molar-refractivity contribution < 1.29 is 22.6 Å². The summed E-state index contributed by atoms with van der Waals surface area (Å²) in [6.45, 7) is 2.15. The van der Waals surface area contributed by atoms with Crippen molar-refractivity contribution in [3.8, 4) is 11.5 Å². The Morgan fingerprint density at radius 2 is 1.71 bits per heavy atom. The highest BCUT2D eigenvalue weighted by molar-refractivity contribution is 5.50. The lowest BCUT2D eigenvalue weighted by atomic mass is 9.80. The smallest absolute Gasteiger partial charge is 0.490 e. The molecule has 2 fully saturated rings. The van der Waals surface area contributed by atoms with E-state index in [1.807, 2.05) is 6.07 Å². The Morgan fingerprint density at radius 1 is 1.04 bits per heavy atom. The maximum atomic E-state index is 12.8. The van der Waals surface area contributed by atoms with Crippen molar-refractivity contribution in [3.05, 3.63) is 23.3 Å². The SMILES string of the molecule is Cc1c(CC2CCC2)ccc(OCCC2CCC2)c1OC(F)(F)F. The first-order valence-electron chi connectivity index (χ1n) is 8.93. The van der Waals surface area contributed by atoms with Gasteiger partial charge in [0.15, 0.2) is 11.5 Å². The van der Waals surface area contributed by atoms with Crippen molar-refractivity contribution in [3.63, 3.8) is 0 Å². The van der Waals surface area contributed by atoms with Gasteiger partial charge in [-0.05, 0) is 48.8 Å². The van der Waals surface area contributed by atoms with Gasteiger partial charge in [0.2, 0.25) is 0 Å². The highest BCUT2D eigenvalue weighted by atomic mass is 19.4. The molecule has 0 unspecified atom stereocenters. The highest BCUT2D eigenvalue weighted by Crippen LogP contribution is 2.40. The first-order chi connectivity index (χ1) is 11.4. The molecule has 2 aliphatic rings. The van der Waals surface area contributed by atoms with Crippen LogP contribution in [0.3, 0.4) is 0 Å². The minimum atomic E-state index is -4.70. The Hall–Kier alpha value is -1.39. The fourth-order valence-corrected chi connectivity index (χ4v) is 3.41. The van der Waals surface area contributed by atoms with E-state index in [0.29, 0.717) is 24.0 Å². The van der Waals surface area contributed by atoms with Crippen molar-refractivity contribution in [2.45, 2.75) is 64.7 Å². The maximum Gasteiger partial charge on any atom is 0.573 e. The molecule has 0 radical (unpaired) electrons. The Kier molecular flexibility index (Phi) is 5.26. The van der Waals surface area contributed by atoms with Crippen LogP contribution in [-0.4, -0.2) is 13.0 Å². The van der Waals surface area contributed by atoms with Crippen LogP contribution >= 0.6 is 0 Å². The summed E-state index contributed by atoms with van der Waals surface area (Å²) in [6, 6.07) is 3.54. The van der Waals surface area contributed by atoms with Crippen molar-refractivity contribution >= 4 is 0 Å². The summed E-state index contributed by atoms with van der Waals surface area (Å²) < 4.78 is 48.4. The van der Waals surface area contributed by atoms with Crippen molar-refractivity contribution in [1.82, 2.24) is 0 Å². The van der Waals surface area contributed by atoms with Crippen LogP contribution in [0.25, 0.3) is 0 Å². The zero-order valence-electron chi connectivity index (χ0n) is 14.1. The molecular weight excluding hydrogens is 317 g/mol. The number of ether oxygens (including phenoxy) is 2.